The van der Waals surface area contributed by atoms with E-state index in [0.29, 0.717) is 6.54 Å². The monoisotopic (exact) mass is 267 g/mol. The highest BCUT2D eigenvalue weighted by molar-refractivity contribution is 4.96. The molecule has 0 saturated heterocycles. The van der Waals surface area contributed by atoms with Crippen LogP contribution < -0.4 is 16.2 Å². The van der Waals surface area contributed by atoms with Crippen LogP contribution in [0.2, 0.25) is 0 Å². The van der Waals surface area contributed by atoms with Gasteiger partial charge in [0, 0.05) is 45.1 Å². The number of hydrogen-bond acceptors (Lipinski definition) is 4. The van der Waals surface area contributed by atoms with Crippen LogP contribution in [0.4, 0.5) is 0 Å². The van der Waals surface area contributed by atoms with Gasteiger partial charge in [0.15, 0.2) is 0 Å². The molecule has 0 aliphatic carbocycles. The first-order chi connectivity index (χ1) is 9.33. The third-order valence-corrected chi connectivity index (χ3v) is 2.95. The molecule has 0 bridgehead atoms. The first-order valence-corrected chi connectivity index (χ1v) is 7.39. The van der Waals surface area contributed by atoms with Gasteiger partial charge in [-0.3, -0.25) is 4.68 Å². The topological polar surface area (TPSA) is 49.5 Å². The van der Waals surface area contributed by atoms with Crippen molar-refractivity contribution in [3.8, 4) is 0 Å². The Kier molecular flexibility index (Phi) is 8.29. The fraction of sp³-hybridized carbons (Fsp3) is 0.714. The molecule has 110 valence electrons. The van der Waals surface area contributed by atoms with E-state index in [2.05, 4.69) is 58.5 Å². The molecule has 0 amide bonds. The molecule has 0 atom stereocenters. The Morgan fingerprint density at radius 3 is 2.16 bits per heavy atom. The average molecular weight is 267 g/mol. The van der Waals surface area contributed by atoms with Gasteiger partial charge in [-0.2, -0.15) is 0 Å². The van der Waals surface area contributed by atoms with Gasteiger partial charge < -0.3 is 11.1 Å². The lowest BCUT2D eigenvalue weighted by molar-refractivity contribution is 0.190. The van der Waals surface area contributed by atoms with Crippen molar-refractivity contribution in [1.82, 2.24) is 15.0 Å². The van der Waals surface area contributed by atoms with Gasteiger partial charge in [-0.1, -0.05) is 13.8 Å². The molecular formula is C14H29N5. The van der Waals surface area contributed by atoms with Gasteiger partial charge in [-0.05, 0) is 25.0 Å². The van der Waals surface area contributed by atoms with E-state index < -0.39 is 0 Å². The predicted octanol–water partition coefficient (Wildman–Crippen LogP) is 1.01. The van der Waals surface area contributed by atoms with E-state index in [-0.39, 0.29) is 0 Å². The van der Waals surface area contributed by atoms with Crippen molar-refractivity contribution >= 4 is 0 Å². The summed E-state index contributed by atoms with van der Waals surface area (Å²) in [7, 11) is 0. The van der Waals surface area contributed by atoms with Crippen LogP contribution in [0, 0.1) is 0 Å². The highest BCUT2D eigenvalue weighted by atomic mass is 15.8. The molecule has 0 aromatic carbocycles. The van der Waals surface area contributed by atoms with E-state index in [1.807, 2.05) is 0 Å². The van der Waals surface area contributed by atoms with Crippen LogP contribution in [-0.2, 0) is 0 Å². The zero-order chi connectivity index (χ0) is 13.9. The lowest BCUT2D eigenvalue weighted by atomic mass is 10.4. The number of nitrogens with two attached hydrogens (primary N) is 1. The molecule has 0 aliphatic rings. The van der Waals surface area contributed by atoms with Crippen LogP contribution in [0.5, 0.6) is 0 Å². The van der Waals surface area contributed by atoms with Crippen molar-refractivity contribution in [3.05, 3.63) is 24.5 Å². The summed E-state index contributed by atoms with van der Waals surface area (Å²) in [5.74, 6) is 0. The molecule has 1 rings (SSSR count). The van der Waals surface area contributed by atoms with E-state index in [1.165, 1.54) is 0 Å². The molecule has 0 radical (unpaired) electrons. The zero-order valence-corrected chi connectivity index (χ0v) is 12.4. The Morgan fingerprint density at radius 1 is 1.00 bits per heavy atom. The Hall–Kier alpha value is -1.04. The van der Waals surface area contributed by atoms with E-state index in [9.17, 15) is 0 Å². The van der Waals surface area contributed by atoms with Crippen molar-refractivity contribution < 1.29 is 0 Å². The number of rotatable bonds is 11. The standard InChI is InChI=1S/C14H29N5/c1-3-10-17(11-4-2)19(14-9-16-8-7-15)18-12-5-6-13-18/h5-6,12-13,16H,3-4,7-11,14-15H2,1-2H3. The summed E-state index contributed by atoms with van der Waals surface area (Å²) < 4.78 is 2.16. The van der Waals surface area contributed by atoms with Crippen LogP contribution in [0.15, 0.2) is 24.5 Å². The van der Waals surface area contributed by atoms with E-state index in [0.717, 1.165) is 45.6 Å². The lowest BCUT2D eigenvalue weighted by Gasteiger charge is -2.37. The molecule has 0 spiro atoms. The van der Waals surface area contributed by atoms with Gasteiger partial charge in [-0.25, -0.2) is 10.1 Å². The fourth-order valence-corrected chi connectivity index (χ4v) is 2.15. The number of aromatic nitrogens is 1. The smallest absolute Gasteiger partial charge is 0.0644 e. The summed E-state index contributed by atoms with van der Waals surface area (Å²) in [5, 5.41) is 8.10. The number of nitrogens with zero attached hydrogens (tertiary/aromatic N) is 3. The van der Waals surface area contributed by atoms with Crippen LogP contribution in [0.1, 0.15) is 26.7 Å². The van der Waals surface area contributed by atoms with Crippen molar-refractivity contribution in [2.75, 3.05) is 44.4 Å². The fourth-order valence-electron chi connectivity index (χ4n) is 2.15. The van der Waals surface area contributed by atoms with Crippen molar-refractivity contribution in [2.45, 2.75) is 26.7 Å². The molecule has 1 heterocycles. The van der Waals surface area contributed by atoms with Gasteiger partial charge in [0.05, 0.1) is 6.54 Å². The summed E-state index contributed by atoms with van der Waals surface area (Å²) in [4.78, 5) is 0. The maximum Gasteiger partial charge on any atom is 0.0644 e. The lowest BCUT2D eigenvalue weighted by Crippen LogP contribution is -2.52. The first kappa shape index (κ1) is 16.0. The highest BCUT2D eigenvalue weighted by Gasteiger charge is 2.13. The maximum atomic E-state index is 5.50. The SMILES string of the molecule is CCCN(CCC)N(CCNCCN)n1cccc1. The Labute approximate surface area is 117 Å². The zero-order valence-electron chi connectivity index (χ0n) is 12.4. The minimum Gasteiger partial charge on any atom is -0.329 e. The van der Waals surface area contributed by atoms with Crippen molar-refractivity contribution in [3.63, 3.8) is 0 Å². The van der Waals surface area contributed by atoms with E-state index in [1.54, 1.807) is 0 Å². The van der Waals surface area contributed by atoms with Crippen LogP contribution in [0.3, 0.4) is 0 Å². The summed E-state index contributed by atoms with van der Waals surface area (Å²) >= 11 is 0. The normalized spacial score (nSPS) is 11.2. The van der Waals surface area contributed by atoms with Crippen molar-refractivity contribution in [2.24, 2.45) is 5.73 Å². The molecule has 3 N–H and O–H groups in total. The van der Waals surface area contributed by atoms with Crippen LogP contribution in [-0.4, -0.2) is 49.0 Å². The van der Waals surface area contributed by atoms with Gasteiger partial charge in [0.1, 0.15) is 0 Å². The molecule has 1 aromatic heterocycles. The largest absolute Gasteiger partial charge is 0.329 e. The Bertz CT molecular complexity index is 293. The third-order valence-electron chi connectivity index (χ3n) is 2.95. The second-order valence-electron chi connectivity index (χ2n) is 4.65. The van der Waals surface area contributed by atoms with Crippen LogP contribution >= 0.6 is 0 Å². The van der Waals surface area contributed by atoms with Gasteiger partial charge in [0.25, 0.3) is 0 Å². The maximum absolute atomic E-state index is 5.50. The second-order valence-corrected chi connectivity index (χ2v) is 4.65. The summed E-state index contributed by atoms with van der Waals surface area (Å²) in [5.41, 5.74) is 5.50. The van der Waals surface area contributed by atoms with Crippen LogP contribution in [0.25, 0.3) is 0 Å². The Balaban J connectivity index is 2.61. The molecule has 0 fully saturated rings. The molecule has 0 saturated carbocycles. The molecular weight excluding hydrogens is 238 g/mol. The number of hydrogen-bond donors (Lipinski definition) is 2. The van der Waals surface area contributed by atoms with E-state index >= 15 is 0 Å². The van der Waals surface area contributed by atoms with Crippen molar-refractivity contribution in [1.29, 1.82) is 0 Å². The number of hydrazine groups is 1. The summed E-state index contributed by atoms with van der Waals surface area (Å²) in [6, 6.07) is 4.13. The molecule has 0 aliphatic heterocycles. The number of nitrogens with one attached hydrogen (secondary N) is 1. The van der Waals surface area contributed by atoms with E-state index in [4.69, 9.17) is 5.73 Å². The molecule has 0 unspecified atom stereocenters. The minimum atomic E-state index is 0.692. The second kappa shape index (κ2) is 9.83. The average Bonchev–Trinajstić information content (AvgIpc) is 2.93. The molecule has 5 heteroatoms. The first-order valence-electron chi connectivity index (χ1n) is 7.39. The predicted molar refractivity (Wildman–Crippen MR) is 81.6 cm³/mol. The summed E-state index contributed by atoms with van der Waals surface area (Å²) in [6.07, 6.45) is 6.52. The third kappa shape index (κ3) is 5.63. The Morgan fingerprint density at radius 2 is 1.63 bits per heavy atom. The van der Waals surface area contributed by atoms with Gasteiger partial charge in [-0.15, -0.1) is 0 Å². The quantitative estimate of drug-likeness (QED) is 0.464. The van der Waals surface area contributed by atoms with Gasteiger partial charge in [0.2, 0.25) is 0 Å². The molecule has 5 nitrogen and oxygen atoms in total. The molecule has 19 heavy (non-hydrogen) atoms. The minimum absolute atomic E-state index is 0.692. The molecule has 1 aromatic rings. The summed E-state index contributed by atoms with van der Waals surface area (Å²) in [6.45, 7) is 10.1. The highest BCUT2D eigenvalue weighted by Crippen LogP contribution is 2.02. The van der Waals surface area contributed by atoms with Gasteiger partial charge >= 0.3 is 0 Å².